The predicted octanol–water partition coefficient (Wildman–Crippen LogP) is 2.75. The first kappa shape index (κ1) is 7.98. The molecule has 0 saturated heterocycles. The minimum atomic E-state index is 0.413. The van der Waals surface area contributed by atoms with Crippen LogP contribution in [-0.4, -0.2) is 5.78 Å². The zero-order valence-electron chi connectivity index (χ0n) is 8.05. The van der Waals surface area contributed by atoms with Crippen LogP contribution in [0.1, 0.15) is 30.4 Å². The Labute approximate surface area is 83.4 Å². The fourth-order valence-corrected chi connectivity index (χ4v) is 2.57. The molecule has 3 rings (SSSR count). The Morgan fingerprint density at radius 2 is 1.86 bits per heavy atom. The molecular weight excluding hydrogens is 172 g/mol. The van der Waals surface area contributed by atoms with Gasteiger partial charge in [0.2, 0.25) is 0 Å². The van der Waals surface area contributed by atoms with Crippen LogP contribution in [0.5, 0.6) is 0 Å². The van der Waals surface area contributed by atoms with Gasteiger partial charge < -0.3 is 0 Å². The predicted molar refractivity (Wildman–Crippen MR) is 55.9 cm³/mol. The molecule has 0 fully saturated rings. The van der Waals surface area contributed by atoms with Crippen molar-refractivity contribution in [3.05, 3.63) is 41.0 Å². The molecule has 2 aliphatic rings. The van der Waals surface area contributed by atoms with Crippen molar-refractivity contribution in [3.8, 4) is 0 Å². The third-order valence-corrected chi connectivity index (χ3v) is 3.24. The van der Waals surface area contributed by atoms with E-state index in [4.69, 9.17) is 0 Å². The van der Waals surface area contributed by atoms with E-state index in [1.54, 1.807) is 0 Å². The van der Waals surface area contributed by atoms with Gasteiger partial charge in [0.25, 0.3) is 0 Å². The summed E-state index contributed by atoms with van der Waals surface area (Å²) < 4.78 is 0. The summed E-state index contributed by atoms with van der Waals surface area (Å²) in [6.07, 6.45) is 3.42. The van der Waals surface area contributed by atoms with Crippen LogP contribution in [0.3, 0.4) is 0 Å². The second-order valence-corrected chi connectivity index (χ2v) is 4.13. The molecule has 1 aromatic carbocycles. The molecule has 70 valence electrons. The van der Waals surface area contributed by atoms with Gasteiger partial charge in [-0.1, -0.05) is 29.8 Å². The van der Waals surface area contributed by atoms with Gasteiger partial charge in [-0.3, -0.25) is 4.79 Å². The van der Waals surface area contributed by atoms with Gasteiger partial charge in [-0.25, -0.2) is 0 Å². The standard InChI is InChI=1S/C13H12O/c14-11-5-6-13-10(8-11)7-9-3-1-2-4-12(9)13/h1-4H,5-8H2. The molecule has 0 atom stereocenters. The van der Waals surface area contributed by atoms with Gasteiger partial charge in [0.15, 0.2) is 0 Å². The van der Waals surface area contributed by atoms with E-state index in [1.807, 2.05) is 0 Å². The second kappa shape index (κ2) is 2.81. The summed E-state index contributed by atoms with van der Waals surface area (Å²) in [4.78, 5) is 11.3. The van der Waals surface area contributed by atoms with Crippen LogP contribution in [0, 0.1) is 0 Å². The number of ketones is 1. The van der Waals surface area contributed by atoms with Gasteiger partial charge >= 0.3 is 0 Å². The van der Waals surface area contributed by atoms with Crippen molar-refractivity contribution in [3.63, 3.8) is 0 Å². The third kappa shape index (κ3) is 1.05. The summed E-state index contributed by atoms with van der Waals surface area (Å²) in [7, 11) is 0. The highest BCUT2D eigenvalue weighted by atomic mass is 16.1. The molecule has 0 amide bonds. The summed E-state index contributed by atoms with van der Waals surface area (Å²) in [5.74, 6) is 0.413. The molecule has 0 N–H and O–H groups in total. The van der Waals surface area contributed by atoms with E-state index in [-0.39, 0.29) is 0 Å². The maximum atomic E-state index is 11.3. The molecular formula is C13H12O. The lowest BCUT2D eigenvalue weighted by Crippen LogP contribution is -2.06. The van der Waals surface area contributed by atoms with E-state index in [9.17, 15) is 4.79 Å². The van der Waals surface area contributed by atoms with Gasteiger partial charge in [0, 0.05) is 12.8 Å². The summed E-state index contributed by atoms with van der Waals surface area (Å²) in [5, 5.41) is 0. The van der Waals surface area contributed by atoms with Crippen molar-refractivity contribution < 1.29 is 4.79 Å². The van der Waals surface area contributed by atoms with E-state index in [1.165, 1.54) is 22.3 Å². The van der Waals surface area contributed by atoms with Crippen molar-refractivity contribution in [2.24, 2.45) is 0 Å². The fourth-order valence-electron chi connectivity index (χ4n) is 2.57. The van der Waals surface area contributed by atoms with Crippen LogP contribution in [0.2, 0.25) is 0 Å². The average Bonchev–Trinajstić information content (AvgIpc) is 2.54. The molecule has 0 radical (unpaired) electrons. The van der Waals surface area contributed by atoms with Crippen LogP contribution in [-0.2, 0) is 11.2 Å². The fraction of sp³-hybridized carbons (Fsp3) is 0.308. The lowest BCUT2D eigenvalue weighted by Gasteiger charge is -2.13. The zero-order chi connectivity index (χ0) is 9.54. The van der Waals surface area contributed by atoms with Gasteiger partial charge in [-0.15, -0.1) is 0 Å². The number of hydrogen-bond donors (Lipinski definition) is 0. The van der Waals surface area contributed by atoms with E-state index in [0.29, 0.717) is 12.2 Å². The van der Waals surface area contributed by atoms with Crippen LogP contribution in [0.4, 0.5) is 0 Å². The molecule has 0 unspecified atom stereocenters. The zero-order valence-corrected chi connectivity index (χ0v) is 8.05. The Morgan fingerprint density at radius 3 is 2.79 bits per heavy atom. The average molecular weight is 184 g/mol. The molecule has 0 bridgehead atoms. The Kier molecular flexibility index (Phi) is 1.60. The number of allylic oxidation sites excluding steroid dienone is 2. The maximum Gasteiger partial charge on any atom is 0.137 e. The Balaban J connectivity index is 2.09. The molecule has 2 aliphatic carbocycles. The molecule has 1 aromatic rings. The van der Waals surface area contributed by atoms with Crippen LogP contribution >= 0.6 is 0 Å². The summed E-state index contributed by atoms with van der Waals surface area (Å²) in [6.45, 7) is 0. The van der Waals surface area contributed by atoms with E-state index < -0.39 is 0 Å². The summed E-state index contributed by atoms with van der Waals surface area (Å²) >= 11 is 0. The quantitative estimate of drug-likeness (QED) is 0.606. The molecule has 0 aliphatic heterocycles. The smallest absolute Gasteiger partial charge is 0.137 e. The van der Waals surface area contributed by atoms with Gasteiger partial charge in [-0.05, 0) is 29.5 Å². The molecule has 14 heavy (non-hydrogen) atoms. The minimum absolute atomic E-state index is 0.413. The first-order chi connectivity index (χ1) is 6.84. The highest BCUT2D eigenvalue weighted by Gasteiger charge is 2.26. The number of rotatable bonds is 0. The number of Topliss-reactive ketones (excluding diaryl/α,β-unsaturated/α-hetero) is 1. The highest BCUT2D eigenvalue weighted by molar-refractivity contribution is 5.91. The van der Waals surface area contributed by atoms with Crippen molar-refractivity contribution in [1.29, 1.82) is 0 Å². The molecule has 0 saturated carbocycles. The number of carbonyl (C=O) groups excluding carboxylic acids is 1. The maximum absolute atomic E-state index is 11.3. The Bertz CT molecular complexity index is 440. The van der Waals surface area contributed by atoms with Gasteiger partial charge in [0.05, 0.1) is 0 Å². The number of hydrogen-bond acceptors (Lipinski definition) is 1. The Morgan fingerprint density at radius 1 is 1.00 bits per heavy atom. The molecule has 0 spiro atoms. The van der Waals surface area contributed by atoms with E-state index in [0.717, 1.165) is 19.3 Å². The summed E-state index contributed by atoms with van der Waals surface area (Å²) in [6, 6.07) is 8.54. The number of fused-ring (bicyclic) bond motifs is 2. The lowest BCUT2D eigenvalue weighted by atomic mass is 9.91. The molecule has 1 heteroatoms. The number of carbonyl (C=O) groups is 1. The van der Waals surface area contributed by atoms with Crippen LogP contribution in [0.15, 0.2) is 29.8 Å². The lowest BCUT2D eigenvalue weighted by molar-refractivity contribution is -0.118. The van der Waals surface area contributed by atoms with Gasteiger partial charge in [-0.2, -0.15) is 0 Å². The second-order valence-electron chi connectivity index (χ2n) is 4.13. The Hall–Kier alpha value is -1.37. The van der Waals surface area contributed by atoms with E-state index in [2.05, 4.69) is 24.3 Å². The number of benzene rings is 1. The molecule has 0 aromatic heterocycles. The normalized spacial score (nSPS) is 19.6. The third-order valence-electron chi connectivity index (χ3n) is 3.24. The first-order valence-electron chi connectivity index (χ1n) is 5.15. The topological polar surface area (TPSA) is 17.1 Å². The molecule has 1 nitrogen and oxygen atoms in total. The van der Waals surface area contributed by atoms with Crippen molar-refractivity contribution in [2.75, 3.05) is 0 Å². The van der Waals surface area contributed by atoms with Gasteiger partial charge in [0.1, 0.15) is 5.78 Å². The minimum Gasteiger partial charge on any atom is -0.299 e. The monoisotopic (exact) mass is 184 g/mol. The van der Waals surface area contributed by atoms with Crippen molar-refractivity contribution in [2.45, 2.75) is 25.7 Å². The highest BCUT2D eigenvalue weighted by Crippen LogP contribution is 2.40. The van der Waals surface area contributed by atoms with Crippen molar-refractivity contribution >= 4 is 11.4 Å². The van der Waals surface area contributed by atoms with Crippen LogP contribution < -0.4 is 0 Å². The van der Waals surface area contributed by atoms with E-state index >= 15 is 0 Å². The SMILES string of the molecule is O=C1CCC2=C(C1)Cc1ccccc12. The van der Waals surface area contributed by atoms with Crippen LogP contribution in [0.25, 0.3) is 5.57 Å². The summed E-state index contributed by atoms with van der Waals surface area (Å²) in [5.41, 5.74) is 5.64. The van der Waals surface area contributed by atoms with Crippen molar-refractivity contribution in [1.82, 2.24) is 0 Å². The first-order valence-corrected chi connectivity index (χ1v) is 5.15. The molecule has 0 heterocycles. The largest absolute Gasteiger partial charge is 0.299 e.